The summed E-state index contributed by atoms with van der Waals surface area (Å²) in [6, 6.07) is 9.44. The monoisotopic (exact) mass is 349 g/mol. The van der Waals surface area contributed by atoms with Crippen LogP contribution in [0.2, 0.25) is 0 Å². The van der Waals surface area contributed by atoms with Gasteiger partial charge in [-0.3, -0.25) is 4.98 Å². The third-order valence-electron chi connectivity index (χ3n) is 4.58. The highest BCUT2D eigenvalue weighted by Crippen LogP contribution is 2.24. The molecular formula is C20H19N3O3. The maximum Gasteiger partial charge on any atom is 0.338 e. The number of hydrogen-bond donors (Lipinski definition) is 0. The van der Waals surface area contributed by atoms with Gasteiger partial charge in [0.25, 0.3) is 5.89 Å². The van der Waals surface area contributed by atoms with Gasteiger partial charge in [0.15, 0.2) is 6.10 Å². The van der Waals surface area contributed by atoms with Gasteiger partial charge in [0.1, 0.15) is 0 Å². The van der Waals surface area contributed by atoms with E-state index in [4.69, 9.17) is 9.26 Å². The number of nitrogens with zero attached hydrogens (tertiary/aromatic N) is 3. The first-order valence-corrected chi connectivity index (χ1v) is 8.77. The zero-order valence-corrected chi connectivity index (χ0v) is 14.5. The number of aryl methyl sites for hydroxylation is 2. The maximum absolute atomic E-state index is 12.5. The average molecular weight is 349 g/mol. The van der Waals surface area contributed by atoms with Crippen LogP contribution in [0.4, 0.5) is 0 Å². The minimum absolute atomic E-state index is 0.259. The molecule has 4 rings (SSSR count). The highest BCUT2D eigenvalue weighted by Gasteiger charge is 2.21. The molecule has 2 heterocycles. The number of ether oxygens (including phenoxy) is 1. The highest BCUT2D eigenvalue weighted by atomic mass is 16.6. The molecule has 0 aliphatic heterocycles. The van der Waals surface area contributed by atoms with E-state index in [9.17, 15) is 4.79 Å². The third-order valence-corrected chi connectivity index (χ3v) is 4.58. The van der Waals surface area contributed by atoms with Gasteiger partial charge in [-0.2, -0.15) is 4.98 Å². The molecule has 0 amide bonds. The van der Waals surface area contributed by atoms with Crippen molar-refractivity contribution in [2.24, 2.45) is 0 Å². The lowest BCUT2D eigenvalue weighted by atomic mass is 9.90. The number of pyridine rings is 1. The van der Waals surface area contributed by atoms with E-state index < -0.39 is 6.10 Å². The van der Waals surface area contributed by atoms with Crippen LogP contribution in [0.25, 0.3) is 11.4 Å². The van der Waals surface area contributed by atoms with Crippen molar-refractivity contribution in [3.63, 3.8) is 0 Å². The van der Waals surface area contributed by atoms with Crippen molar-refractivity contribution in [2.75, 3.05) is 0 Å². The average Bonchev–Trinajstić information content (AvgIpc) is 3.18. The number of aromatic nitrogens is 3. The lowest BCUT2D eigenvalue weighted by Gasteiger charge is -2.16. The highest BCUT2D eigenvalue weighted by molar-refractivity contribution is 5.89. The summed E-state index contributed by atoms with van der Waals surface area (Å²) in [5.41, 5.74) is 3.88. The van der Waals surface area contributed by atoms with E-state index in [2.05, 4.69) is 15.1 Å². The number of fused-ring (bicyclic) bond motifs is 1. The van der Waals surface area contributed by atoms with Crippen molar-refractivity contribution in [1.29, 1.82) is 0 Å². The Bertz CT molecular complexity index is 921. The van der Waals surface area contributed by atoms with Gasteiger partial charge >= 0.3 is 5.97 Å². The predicted molar refractivity (Wildman–Crippen MR) is 94.4 cm³/mol. The van der Waals surface area contributed by atoms with Gasteiger partial charge in [-0.1, -0.05) is 11.2 Å². The topological polar surface area (TPSA) is 78.1 Å². The van der Waals surface area contributed by atoms with Crippen molar-refractivity contribution in [1.82, 2.24) is 15.1 Å². The number of rotatable bonds is 4. The second-order valence-corrected chi connectivity index (χ2v) is 6.44. The Morgan fingerprint density at radius 3 is 2.85 bits per heavy atom. The van der Waals surface area contributed by atoms with E-state index in [0.29, 0.717) is 11.4 Å². The molecule has 6 nitrogen and oxygen atoms in total. The molecule has 0 fully saturated rings. The second kappa shape index (κ2) is 7.07. The SMILES string of the molecule is CC(OC(=O)c1ccc2c(c1)CCCC2)c1nc(-c2cccnc2)no1. The van der Waals surface area contributed by atoms with Gasteiger partial charge in [-0.25, -0.2) is 4.79 Å². The Morgan fingerprint density at radius 2 is 2.04 bits per heavy atom. The zero-order valence-electron chi connectivity index (χ0n) is 14.5. The van der Waals surface area contributed by atoms with E-state index in [1.165, 1.54) is 24.0 Å². The van der Waals surface area contributed by atoms with Gasteiger partial charge in [0.05, 0.1) is 5.56 Å². The van der Waals surface area contributed by atoms with Gasteiger partial charge in [-0.05, 0) is 68.0 Å². The van der Waals surface area contributed by atoms with Crippen molar-refractivity contribution in [3.8, 4) is 11.4 Å². The summed E-state index contributed by atoms with van der Waals surface area (Å²) in [5.74, 6) is 0.298. The quantitative estimate of drug-likeness (QED) is 0.664. The summed E-state index contributed by atoms with van der Waals surface area (Å²) in [7, 11) is 0. The fourth-order valence-electron chi connectivity index (χ4n) is 3.15. The lowest BCUT2D eigenvalue weighted by molar-refractivity contribution is 0.0265. The van der Waals surface area contributed by atoms with Crippen LogP contribution >= 0.6 is 0 Å². The second-order valence-electron chi connectivity index (χ2n) is 6.44. The van der Waals surface area contributed by atoms with E-state index in [1.807, 2.05) is 24.3 Å². The van der Waals surface area contributed by atoms with E-state index in [0.717, 1.165) is 18.4 Å². The zero-order chi connectivity index (χ0) is 17.9. The molecule has 0 saturated carbocycles. The molecule has 2 aromatic heterocycles. The van der Waals surface area contributed by atoms with Crippen LogP contribution in [-0.2, 0) is 17.6 Å². The Morgan fingerprint density at radius 1 is 1.19 bits per heavy atom. The predicted octanol–water partition coefficient (Wildman–Crippen LogP) is 3.93. The molecule has 0 spiro atoms. The van der Waals surface area contributed by atoms with E-state index in [1.54, 1.807) is 25.4 Å². The largest absolute Gasteiger partial charge is 0.449 e. The van der Waals surface area contributed by atoms with Crippen LogP contribution in [-0.4, -0.2) is 21.1 Å². The Labute approximate surface area is 151 Å². The van der Waals surface area contributed by atoms with Gasteiger partial charge < -0.3 is 9.26 Å². The molecule has 0 radical (unpaired) electrons. The van der Waals surface area contributed by atoms with Crippen LogP contribution < -0.4 is 0 Å². The molecule has 0 bridgehead atoms. The molecule has 0 saturated heterocycles. The standard InChI is InChI=1S/C20H19N3O3/c1-13(19-22-18(23-26-19)17-7-4-10-21-12-17)25-20(24)16-9-8-14-5-2-3-6-15(14)11-16/h4,7-13H,2-3,5-6H2,1H3. The molecule has 1 atom stereocenters. The van der Waals surface area contributed by atoms with Crippen molar-refractivity contribution in [3.05, 3.63) is 65.3 Å². The van der Waals surface area contributed by atoms with Crippen LogP contribution in [0.3, 0.4) is 0 Å². The summed E-state index contributed by atoms with van der Waals surface area (Å²) in [5, 5.41) is 3.93. The van der Waals surface area contributed by atoms with Crippen LogP contribution in [0, 0.1) is 0 Å². The number of esters is 1. The number of carbonyl (C=O) groups excluding carboxylic acids is 1. The Hall–Kier alpha value is -3.02. The van der Waals surface area contributed by atoms with Gasteiger partial charge in [0.2, 0.25) is 5.82 Å². The first-order chi connectivity index (χ1) is 12.7. The van der Waals surface area contributed by atoms with Crippen LogP contribution in [0.1, 0.15) is 53.2 Å². The molecule has 1 aromatic carbocycles. The summed E-state index contributed by atoms with van der Waals surface area (Å²) >= 11 is 0. The summed E-state index contributed by atoms with van der Waals surface area (Å²) in [6.07, 6.45) is 7.18. The minimum Gasteiger partial charge on any atom is -0.449 e. The molecule has 3 aromatic rings. The lowest BCUT2D eigenvalue weighted by Crippen LogP contribution is -2.11. The first-order valence-electron chi connectivity index (χ1n) is 8.77. The fourth-order valence-corrected chi connectivity index (χ4v) is 3.15. The third kappa shape index (κ3) is 3.35. The summed E-state index contributed by atoms with van der Waals surface area (Å²) < 4.78 is 10.8. The van der Waals surface area contributed by atoms with Gasteiger partial charge in [0, 0.05) is 18.0 Å². The molecule has 132 valence electrons. The summed E-state index contributed by atoms with van der Waals surface area (Å²) in [6.45, 7) is 1.72. The molecule has 6 heteroatoms. The Balaban J connectivity index is 1.47. The van der Waals surface area contributed by atoms with E-state index >= 15 is 0 Å². The molecule has 1 aliphatic carbocycles. The Kier molecular flexibility index (Phi) is 4.48. The molecule has 26 heavy (non-hydrogen) atoms. The first kappa shape index (κ1) is 16.4. The van der Waals surface area contributed by atoms with Crippen molar-refractivity contribution in [2.45, 2.75) is 38.7 Å². The molecule has 1 unspecified atom stereocenters. The molecule has 1 aliphatic rings. The fraction of sp³-hybridized carbons (Fsp3) is 0.300. The number of benzene rings is 1. The smallest absolute Gasteiger partial charge is 0.338 e. The maximum atomic E-state index is 12.5. The van der Waals surface area contributed by atoms with Gasteiger partial charge in [-0.15, -0.1) is 0 Å². The van der Waals surface area contributed by atoms with Crippen molar-refractivity contribution >= 4 is 5.97 Å². The molecular weight excluding hydrogens is 330 g/mol. The number of hydrogen-bond acceptors (Lipinski definition) is 6. The minimum atomic E-state index is -0.628. The number of carbonyl (C=O) groups is 1. The van der Waals surface area contributed by atoms with E-state index in [-0.39, 0.29) is 11.9 Å². The van der Waals surface area contributed by atoms with Crippen LogP contribution in [0.5, 0.6) is 0 Å². The normalized spacial score (nSPS) is 14.5. The summed E-state index contributed by atoms with van der Waals surface area (Å²) in [4.78, 5) is 20.8. The molecule has 0 N–H and O–H groups in total. The van der Waals surface area contributed by atoms with Crippen molar-refractivity contribution < 1.29 is 14.1 Å². The van der Waals surface area contributed by atoms with Crippen LogP contribution in [0.15, 0.2) is 47.2 Å².